The number of nitrogens with one attached hydrogen (secondary N) is 1. The van der Waals surface area contributed by atoms with E-state index in [1.54, 1.807) is 0 Å². The molecule has 0 aromatic carbocycles. The number of likely N-dealkylation sites (tertiary alicyclic amines) is 1. The fourth-order valence-electron chi connectivity index (χ4n) is 3.85. The molecule has 3 rings (SSSR count). The minimum atomic E-state index is 0.822. The quantitative estimate of drug-likeness (QED) is 0.820. The molecule has 0 atom stereocenters. The van der Waals surface area contributed by atoms with E-state index >= 15 is 0 Å². The third kappa shape index (κ3) is 4.46. The first-order valence-corrected chi connectivity index (χ1v) is 8.75. The Bertz CT molecular complexity index is 258. The van der Waals surface area contributed by atoms with E-state index in [-0.39, 0.29) is 0 Å². The van der Waals surface area contributed by atoms with Gasteiger partial charge in [-0.25, -0.2) is 0 Å². The molecule has 0 aromatic heterocycles. The largest absolute Gasteiger partial charge is 0.314 e. The first-order valence-electron chi connectivity index (χ1n) is 8.75. The molecule has 0 unspecified atom stereocenters. The van der Waals surface area contributed by atoms with E-state index in [9.17, 15) is 0 Å². The Kier molecular flexibility index (Phi) is 4.81. The molecule has 0 spiro atoms. The average Bonchev–Trinajstić information content (AvgIpc) is 3.25. The van der Waals surface area contributed by atoms with Crippen molar-refractivity contribution in [3.05, 3.63) is 0 Å². The topological polar surface area (TPSA) is 15.3 Å². The Morgan fingerprint density at radius 3 is 2.11 bits per heavy atom. The van der Waals surface area contributed by atoms with Gasteiger partial charge in [-0.1, -0.05) is 19.8 Å². The van der Waals surface area contributed by atoms with Crippen LogP contribution >= 0.6 is 0 Å². The Morgan fingerprint density at radius 1 is 0.842 bits per heavy atom. The standard InChI is InChI=1S/C17H32N2/c1-14-2-4-16(5-3-14)13-19-10-8-17(9-11-19)18-12-15-6-7-15/h14-18H,2-13H2,1H3. The van der Waals surface area contributed by atoms with Crippen LogP contribution in [-0.4, -0.2) is 37.1 Å². The van der Waals surface area contributed by atoms with Gasteiger partial charge < -0.3 is 10.2 Å². The van der Waals surface area contributed by atoms with Gasteiger partial charge in [0.15, 0.2) is 0 Å². The van der Waals surface area contributed by atoms with Crippen molar-refractivity contribution in [3.8, 4) is 0 Å². The van der Waals surface area contributed by atoms with Crippen LogP contribution in [0.2, 0.25) is 0 Å². The van der Waals surface area contributed by atoms with Gasteiger partial charge in [0.1, 0.15) is 0 Å². The number of hydrogen-bond donors (Lipinski definition) is 1. The second-order valence-electron chi connectivity index (χ2n) is 7.55. The van der Waals surface area contributed by atoms with Crippen LogP contribution in [-0.2, 0) is 0 Å². The smallest absolute Gasteiger partial charge is 0.00915 e. The molecule has 2 heteroatoms. The lowest BCUT2D eigenvalue weighted by Crippen LogP contribution is -2.44. The molecule has 1 heterocycles. The molecule has 110 valence electrons. The molecular weight excluding hydrogens is 232 g/mol. The van der Waals surface area contributed by atoms with Crippen LogP contribution in [0.5, 0.6) is 0 Å². The highest BCUT2D eigenvalue weighted by molar-refractivity contribution is 4.83. The fraction of sp³-hybridized carbons (Fsp3) is 1.00. The van der Waals surface area contributed by atoms with Crippen LogP contribution in [0.4, 0.5) is 0 Å². The van der Waals surface area contributed by atoms with Crippen molar-refractivity contribution >= 4 is 0 Å². The van der Waals surface area contributed by atoms with Crippen molar-refractivity contribution in [2.75, 3.05) is 26.2 Å². The minimum Gasteiger partial charge on any atom is -0.314 e. The zero-order valence-corrected chi connectivity index (χ0v) is 12.7. The molecule has 2 saturated carbocycles. The van der Waals surface area contributed by atoms with Gasteiger partial charge in [-0.05, 0) is 75.9 Å². The van der Waals surface area contributed by atoms with Gasteiger partial charge in [0, 0.05) is 12.6 Å². The maximum atomic E-state index is 3.79. The van der Waals surface area contributed by atoms with E-state index in [2.05, 4.69) is 17.1 Å². The van der Waals surface area contributed by atoms with Gasteiger partial charge in [-0.2, -0.15) is 0 Å². The van der Waals surface area contributed by atoms with E-state index in [4.69, 9.17) is 0 Å². The van der Waals surface area contributed by atoms with Gasteiger partial charge in [0.25, 0.3) is 0 Å². The third-order valence-corrected chi connectivity index (χ3v) is 5.63. The SMILES string of the molecule is CC1CCC(CN2CCC(NCC3CC3)CC2)CC1. The van der Waals surface area contributed by atoms with E-state index in [0.29, 0.717) is 0 Å². The molecular formula is C17H32N2. The third-order valence-electron chi connectivity index (χ3n) is 5.63. The molecule has 1 saturated heterocycles. The summed E-state index contributed by atoms with van der Waals surface area (Å²) in [5.41, 5.74) is 0. The maximum absolute atomic E-state index is 3.79. The van der Waals surface area contributed by atoms with Crippen LogP contribution < -0.4 is 5.32 Å². The number of nitrogens with zero attached hydrogens (tertiary/aromatic N) is 1. The van der Waals surface area contributed by atoms with E-state index in [0.717, 1.165) is 23.8 Å². The Balaban J connectivity index is 1.31. The predicted molar refractivity (Wildman–Crippen MR) is 81.3 cm³/mol. The summed E-state index contributed by atoms with van der Waals surface area (Å²) in [6, 6.07) is 0.822. The second kappa shape index (κ2) is 6.58. The van der Waals surface area contributed by atoms with Crippen LogP contribution in [0.3, 0.4) is 0 Å². The second-order valence-corrected chi connectivity index (χ2v) is 7.55. The first-order chi connectivity index (χ1) is 9.29. The Labute approximate surface area is 119 Å². The van der Waals surface area contributed by atoms with Crippen LogP contribution in [0, 0.1) is 17.8 Å². The van der Waals surface area contributed by atoms with Crippen molar-refractivity contribution in [2.24, 2.45) is 17.8 Å². The lowest BCUT2D eigenvalue weighted by Gasteiger charge is -2.36. The Hall–Kier alpha value is -0.0800. The van der Waals surface area contributed by atoms with Gasteiger partial charge in [-0.3, -0.25) is 0 Å². The summed E-state index contributed by atoms with van der Waals surface area (Å²) < 4.78 is 0. The summed E-state index contributed by atoms with van der Waals surface area (Å²) in [7, 11) is 0. The molecule has 0 bridgehead atoms. The monoisotopic (exact) mass is 264 g/mol. The van der Waals surface area contributed by atoms with Crippen LogP contribution in [0.15, 0.2) is 0 Å². The Morgan fingerprint density at radius 2 is 1.47 bits per heavy atom. The summed E-state index contributed by atoms with van der Waals surface area (Å²) in [4.78, 5) is 2.75. The lowest BCUT2D eigenvalue weighted by atomic mass is 9.82. The normalized spacial score (nSPS) is 34.6. The lowest BCUT2D eigenvalue weighted by molar-refractivity contribution is 0.146. The molecule has 2 nitrogen and oxygen atoms in total. The number of piperidine rings is 1. The predicted octanol–water partition coefficient (Wildman–Crippen LogP) is 3.28. The molecule has 1 aliphatic heterocycles. The van der Waals surface area contributed by atoms with E-state index < -0.39 is 0 Å². The highest BCUT2D eigenvalue weighted by atomic mass is 15.1. The molecule has 2 aliphatic carbocycles. The van der Waals surface area contributed by atoms with Gasteiger partial charge in [0.05, 0.1) is 0 Å². The average molecular weight is 264 g/mol. The summed E-state index contributed by atoms with van der Waals surface area (Å²) in [5.74, 6) is 3.03. The van der Waals surface area contributed by atoms with Crippen LogP contribution in [0.25, 0.3) is 0 Å². The fourth-order valence-corrected chi connectivity index (χ4v) is 3.85. The van der Waals surface area contributed by atoms with Crippen LogP contribution in [0.1, 0.15) is 58.3 Å². The van der Waals surface area contributed by atoms with E-state index in [1.807, 2.05) is 0 Å². The maximum Gasteiger partial charge on any atom is 0.00915 e. The van der Waals surface area contributed by atoms with Crippen molar-refractivity contribution < 1.29 is 0 Å². The zero-order valence-electron chi connectivity index (χ0n) is 12.7. The van der Waals surface area contributed by atoms with Gasteiger partial charge >= 0.3 is 0 Å². The summed E-state index contributed by atoms with van der Waals surface area (Å²) in [6.07, 6.45) is 11.7. The number of rotatable bonds is 5. The summed E-state index contributed by atoms with van der Waals surface area (Å²) in [6.45, 7) is 7.79. The highest BCUT2D eigenvalue weighted by Gasteiger charge is 2.26. The van der Waals surface area contributed by atoms with Gasteiger partial charge in [-0.15, -0.1) is 0 Å². The van der Waals surface area contributed by atoms with Gasteiger partial charge in [0.2, 0.25) is 0 Å². The van der Waals surface area contributed by atoms with Crippen molar-refractivity contribution in [1.29, 1.82) is 0 Å². The minimum absolute atomic E-state index is 0.822. The molecule has 0 radical (unpaired) electrons. The summed E-state index contributed by atoms with van der Waals surface area (Å²) >= 11 is 0. The molecule has 3 fully saturated rings. The molecule has 0 amide bonds. The van der Waals surface area contributed by atoms with Crippen molar-refractivity contribution in [3.63, 3.8) is 0 Å². The number of hydrogen-bond acceptors (Lipinski definition) is 2. The highest BCUT2D eigenvalue weighted by Crippen LogP contribution is 2.30. The molecule has 0 aromatic rings. The molecule has 19 heavy (non-hydrogen) atoms. The van der Waals surface area contributed by atoms with Crippen molar-refractivity contribution in [2.45, 2.75) is 64.3 Å². The zero-order chi connectivity index (χ0) is 13.1. The first kappa shape index (κ1) is 13.9. The summed E-state index contributed by atoms with van der Waals surface area (Å²) in [5, 5.41) is 3.79. The van der Waals surface area contributed by atoms with Crippen molar-refractivity contribution in [1.82, 2.24) is 10.2 Å². The molecule has 3 aliphatic rings. The molecule has 1 N–H and O–H groups in total. The van der Waals surface area contributed by atoms with E-state index in [1.165, 1.54) is 77.5 Å².